The minimum atomic E-state index is -3.74. The van der Waals surface area contributed by atoms with Crippen LogP contribution in [-0.4, -0.2) is 38.9 Å². The first-order valence-electron chi connectivity index (χ1n) is 8.58. The molecule has 0 N–H and O–H groups in total. The number of carbonyl (C=O) groups excluding carboxylic acids is 1. The van der Waals surface area contributed by atoms with E-state index in [1.807, 2.05) is 24.3 Å². The molecule has 6 heteroatoms. The lowest BCUT2D eigenvalue weighted by molar-refractivity contribution is -0.130. The van der Waals surface area contributed by atoms with Crippen LogP contribution in [0.2, 0.25) is 0 Å². The van der Waals surface area contributed by atoms with Crippen molar-refractivity contribution < 1.29 is 13.2 Å². The van der Waals surface area contributed by atoms with Gasteiger partial charge in [0, 0.05) is 24.2 Å². The van der Waals surface area contributed by atoms with Gasteiger partial charge in [0.1, 0.15) is 6.54 Å². The van der Waals surface area contributed by atoms with E-state index in [9.17, 15) is 13.2 Å². The van der Waals surface area contributed by atoms with Gasteiger partial charge in [0.05, 0.1) is 10.6 Å². The quantitative estimate of drug-likeness (QED) is 0.831. The molecule has 2 aliphatic heterocycles. The van der Waals surface area contributed by atoms with Crippen molar-refractivity contribution >= 4 is 21.6 Å². The number of benzene rings is 2. The van der Waals surface area contributed by atoms with Crippen LogP contribution in [0.15, 0.2) is 53.4 Å². The molecule has 0 unspecified atom stereocenters. The van der Waals surface area contributed by atoms with E-state index in [0.29, 0.717) is 24.3 Å². The highest BCUT2D eigenvalue weighted by atomic mass is 32.2. The summed E-state index contributed by atoms with van der Waals surface area (Å²) in [5, 5.41) is 0. The van der Waals surface area contributed by atoms with Crippen molar-refractivity contribution in [1.82, 2.24) is 4.90 Å². The molecule has 130 valence electrons. The first kappa shape index (κ1) is 16.1. The van der Waals surface area contributed by atoms with E-state index in [4.69, 9.17) is 0 Å². The van der Waals surface area contributed by atoms with Crippen molar-refractivity contribution in [2.75, 3.05) is 23.9 Å². The molecule has 2 aromatic carbocycles. The number of hydrogen-bond donors (Lipinski definition) is 0. The Bertz CT molecular complexity index is 918. The predicted molar refractivity (Wildman–Crippen MR) is 96.8 cm³/mol. The zero-order valence-electron chi connectivity index (χ0n) is 13.9. The summed E-state index contributed by atoms with van der Waals surface area (Å²) in [6.07, 6.45) is 3.10. The van der Waals surface area contributed by atoms with Gasteiger partial charge in [0.25, 0.3) is 10.0 Å². The highest BCUT2D eigenvalue weighted by molar-refractivity contribution is 7.93. The smallest absolute Gasteiger partial charge is 0.265 e. The Morgan fingerprint density at radius 1 is 0.880 bits per heavy atom. The molecule has 0 aliphatic carbocycles. The highest BCUT2D eigenvalue weighted by Gasteiger charge is 2.36. The molecule has 0 saturated carbocycles. The summed E-state index contributed by atoms with van der Waals surface area (Å²) in [6, 6.07) is 14.3. The van der Waals surface area contributed by atoms with Gasteiger partial charge in [0.2, 0.25) is 5.91 Å². The average molecular weight is 356 g/mol. The second kappa shape index (κ2) is 6.19. The molecule has 5 nitrogen and oxygen atoms in total. The van der Waals surface area contributed by atoms with Crippen LogP contribution < -0.4 is 4.31 Å². The topological polar surface area (TPSA) is 57.7 Å². The van der Waals surface area contributed by atoms with Gasteiger partial charge in [-0.15, -0.1) is 0 Å². The third kappa shape index (κ3) is 2.70. The van der Waals surface area contributed by atoms with Crippen LogP contribution in [0, 0.1) is 0 Å². The number of piperidine rings is 1. The van der Waals surface area contributed by atoms with Crippen LogP contribution in [0.25, 0.3) is 11.1 Å². The molecule has 0 radical (unpaired) electrons. The second-order valence-corrected chi connectivity index (χ2v) is 8.30. The van der Waals surface area contributed by atoms with Gasteiger partial charge in [-0.25, -0.2) is 8.42 Å². The molecule has 0 bridgehead atoms. The Labute approximate surface area is 147 Å². The first-order chi connectivity index (χ1) is 12.1. The lowest BCUT2D eigenvalue weighted by Crippen LogP contribution is -2.45. The zero-order valence-corrected chi connectivity index (χ0v) is 14.7. The van der Waals surface area contributed by atoms with E-state index in [0.717, 1.165) is 24.8 Å². The van der Waals surface area contributed by atoms with E-state index in [2.05, 4.69) is 0 Å². The van der Waals surface area contributed by atoms with Gasteiger partial charge in [-0.05, 0) is 31.4 Å². The van der Waals surface area contributed by atoms with Crippen LogP contribution in [-0.2, 0) is 14.8 Å². The van der Waals surface area contributed by atoms with Crippen LogP contribution in [0.1, 0.15) is 19.3 Å². The highest BCUT2D eigenvalue weighted by Crippen LogP contribution is 2.42. The van der Waals surface area contributed by atoms with E-state index < -0.39 is 10.0 Å². The maximum absolute atomic E-state index is 13.1. The lowest BCUT2D eigenvalue weighted by atomic mass is 10.0. The second-order valence-electron chi connectivity index (χ2n) is 6.47. The summed E-state index contributed by atoms with van der Waals surface area (Å²) in [5.74, 6) is -0.127. The normalized spacial score (nSPS) is 18.4. The van der Waals surface area contributed by atoms with Gasteiger partial charge in [-0.2, -0.15) is 0 Å². The minimum Gasteiger partial charge on any atom is -0.341 e. The molecule has 1 amide bonds. The summed E-state index contributed by atoms with van der Waals surface area (Å²) < 4.78 is 27.5. The molecule has 2 aliphatic rings. The molecule has 0 spiro atoms. The van der Waals surface area contributed by atoms with Crippen molar-refractivity contribution in [3.8, 4) is 11.1 Å². The molecule has 4 rings (SSSR count). The van der Waals surface area contributed by atoms with Crippen LogP contribution >= 0.6 is 0 Å². The number of anilines is 1. The molecule has 1 fully saturated rings. The molecule has 25 heavy (non-hydrogen) atoms. The molecule has 2 aromatic rings. The van der Waals surface area contributed by atoms with Gasteiger partial charge in [-0.1, -0.05) is 36.4 Å². The third-order valence-electron chi connectivity index (χ3n) is 4.91. The number of amides is 1. The number of rotatable bonds is 2. The van der Waals surface area contributed by atoms with Crippen molar-refractivity contribution in [3.63, 3.8) is 0 Å². The number of para-hydroxylation sites is 1. The van der Waals surface area contributed by atoms with Crippen molar-refractivity contribution in [2.45, 2.75) is 24.2 Å². The molecule has 1 saturated heterocycles. The average Bonchev–Trinajstić information content (AvgIpc) is 2.66. The Morgan fingerprint density at radius 2 is 1.52 bits per heavy atom. The molecule has 0 atom stereocenters. The number of carbonyl (C=O) groups is 1. The number of sulfonamides is 1. The monoisotopic (exact) mass is 356 g/mol. The Kier molecular flexibility index (Phi) is 4.00. The Morgan fingerprint density at radius 3 is 2.28 bits per heavy atom. The van der Waals surface area contributed by atoms with Crippen LogP contribution in [0.5, 0.6) is 0 Å². The summed E-state index contributed by atoms with van der Waals surface area (Å²) in [6.45, 7) is 1.28. The fourth-order valence-electron chi connectivity index (χ4n) is 3.62. The van der Waals surface area contributed by atoms with E-state index in [-0.39, 0.29) is 17.3 Å². The number of nitrogens with zero attached hydrogens (tertiary/aromatic N) is 2. The Hall–Kier alpha value is -2.34. The molecular formula is C19H20N2O3S. The van der Waals surface area contributed by atoms with E-state index in [1.165, 1.54) is 4.31 Å². The summed E-state index contributed by atoms with van der Waals surface area (Å²) in [4.78, 5) is 14.7. The van der Waals surface area contributed by atoms with Crippen LogP contribution in [0.3, 0.4) is 0 Å². The van der Waals surface area contributed by atoms with Gasteiger partial charge in [0.15, 0.2) is 0 Å². The van der Waals surface area contributed by atoms with Gasteiger partial charge in [-0.3, -0.25) is 9.10 Å². The zero-order chi connectivity index (χ0) is 17.4. The maximum Gasteiger partial charge on any atom is 0.265 e. The summed E-state index contributed by atoms with van der Waals surface area (Å²) >= 11 is 0. The summed E-state index contributed by atoms with van der Waals surface area (Å²) in [5.41, 5.74) is 2.12. The molecule has 2 heterocycles. The summed E-state index contributed by atoms with van der Waals surface area (Å²) in [7, 11) is -3.74. The fraction of sp³-hybridized carbons (Fsp3) is 0.316. The first-order valence-corrected chi connectivity index (χ1v) is 10.0. The molecular weight excluding hydrogens is 336 g/mol. The maximum atomic E-state index is 13.1. The van der Waals surface area contributed by atoms with Crippen molar-refractivity contribution in [2.24, 2.45) is 0 Å². The molecule has 0 aromatic heterocycles. The fourth-order valence-corrected chi connectivity index (χ4v) is 5.26. The number of fused-ring (bicyclic) bond motifs is 3. The predicted octanol–water partition coefficient (Wildman–Crippen LogP) is 2.87. The van der Waals surface area contributed by atoms with E-state index >= 15 is 0 Å². The number of hydrogen-bond acceptors (Lipinski definition) is 3. The Balaban J connectivity index is 1.76. The minimum absolute atomic E-state index is 0.127. The van der Waals surface area contributed by atoms with Crippen molar-refractivity contribution in [3.05, 3.63) is 48.5 Å². The van der Waals surface area contributed by atoms with Gasteiger partial charge < -0.3 is 4.90 Å². The number of likely N-dealkylation sites (tertiary alicyclic amines) is 1. The van der Waals surface area contributed by atoms with E-state index in [1.54, 1.807) is 29.2 Å². The largest absolute Gasteiger partial charge is 0.341 e. The third-order valence-corrected chi connectivity index (χ3v) is 6.72. The lowest BCUT2D eigenvalue weighted by Gasteiger charge is -2.34. The van der Waals surface area contributed by atoms with Crippen molar-refractivity contribution in [1.29, 1.82) is 0 Å². The van der Waals surface area contributed by atoms with Crippen LogP contribution in [0.4, 0.5) is 5.69 Å². The standard InChI is InChI=1S/C19H20N2O3S/c22-19(20-12-6-1-7-13-20)14-21-17-10-4-2-8-15(17)16-9-3-5-11-18(16)25(21,23)24/h2-5,8-11H,1,6-7,12-14H2. The SMILES string of the molecule is O=C(CN1c2ccccc2-c2ccccc2S1(=O)=O)N1CCCCC1. The van der Waals surface area contributed by atoms with Gasteiger partial charge >= 0.3 is 0 Å².